The summed E-state index contributed by atoms with van der Waals surface area (Å²) in [4.78, 5) is 14.5. The fourth-order valence-corrected chi connectivity index (χ4v) is 17.3. The molecule has 0 saturated carbocycles. The topological polar surface area (TPSA) is 226 Å². The molecule has 0 N–H and O–H groups in total. The Bertz CT molecular complexity index is 6340. The van der Waals surface area contributed by atoms with E-state index in [4.69, 9.17) is 66.8 Å². The summed E-state index contributed by atoms with van der Waals surface area (Å²) in [6, 6.07) is 64.4. The van der Waals surface area contributed by atoms with Gasteiger partial charge < -0.3 is 28.4 Å². The number of halogens is 4. The van der Waals surface area contributed by atoms with Gasteiger partial charge >= 0.3 is 0 Å². The summed E-state index contributed by atoms with van der Waals surface area (Å²) in [5.41, 5.74) is 15.1. The van der Waals surface area contributed by atoms with Crippen LogP contribution in [0.3, 0.4) is 0 Å². The Morgan fingerprint density at radius 3 is 1.02 bits per heavy atom. The van der Waals surface area contributed by atoms with Gasteiger partial charge in [-0.1, -0.05) is 205 Å². The zero-order valence-corrected chi connectivity index (χ0v) is 72.8. The lowest BCUT2D eigenvalue weighted by molar-refractivity contribution is 0.149. The van der Waals surface area contributed by atoms with Crippen LogP contribution in [-0.2, 0) is 39.1 Å². The third-order valence-electron chi connectivity index (χ3n) is 23.1. The zero-order valence-electron chi connectivity index (χ0n) is 69.8. The first-order valence-electron chi connectivity index (χ1n) is 41.8. The normalized spacial score (nSPS) is 14.6. The number of hydrogen-bond donors (Lipinski definition) is 0. The maximum Gasteiger partial charge on any atom is 0.182 e. The van der Waals surface area contributed by atoms with E-state index in [-0.39, 0.29) is 0 Å². The molecule has 0 bridgehead atoms. The van der Waals surface area contributed by atoms with Gasteiger partial charge in [0.05, 0.1) is 74.4 Å². The summed E-state index contributed by atoms with van der Waals surface area (Å²) >= 11 is 27.8. The van der Waals surface area contributed by atoms with E-state index in [1.165, 1.54) is 0 Å². The van der Waals surface area contributed by atoms with Gasteiger partial charge in [-0.3, -0.25) is 19.4 Å². The standard InChI is InChI=1S/2C24H28ClN7.C22H24ClN7.C22H17ClN6/c1-17-9-10-18(2)32(17)24-21(25)20-22(19-7-5-4-6-8-19)28-31(23(20)26-27-24)16-15-30-13-11-29(3)12-14-30;1-3-19-10-7-11-31(19)24-21(25)20-22(18-8-5-4-6-9-18)28-32(23(20)26-27-24)17-16-30-14-12-29(2)13-15-30;1-27-11-13-28(14-12-27)15-16-30-21-18(20(26-30)17-7-3-2-4-8-17)19(23)22(25-24-21)29-9-5-6-10-29;23-19-18-20(16-8-3-1-4-9-16)27-29(15-14-28-13-7-12-24-28)22(18)26-25-21(19)17-10-5-2-6-11-17/h4-10H,11-16H2,1-3H3;4-11H,3,12-17H2,1-2H3;2-10H,11-16H2,1H3;1-13H,14-15H2. The van der Waals surface area contributed by atoms with Gasteiger partial charge in [0, 0.05) is 174 Å². The van der Waals surface area contributed by atoms with Gasteiger partial charge in [0.25, 0.3) is 0 Å². The number of nitrogens with zero attached hydrogens (tertiary/aromatic N) is 27. The molecule has 31 heteroatoms. The lowest BCUT2D eigenvalue weighted by atomic mass is 10.1. The van der Waals surface area contributed by atoms with Crippen LogP contribution in [0.4, 0.5) is 0 Å². The number of benzene rings is 5. The van der Waals surface area contributed by atoms with Gasteiger partial charge in [-0.2, -0.15) is 25.5 Å². The maximum absolute atomic E-state index is 7.02. The Morgan fingerprint density at radius 2 is 0.642 bits per heavy atom. The van der Waals surface area contributed by atoms with Crippen molar-refractivity contribution in [3.05, 3.63) is 262 Å². The Kier molecular flexibility index (Phi) is 26.0. The number of likely N-dealkylation sites (N-methyl/N-ethyl adjacent to an activating group) is 3. The minimum atomic E-state index is 0.561. The van der Waals surface area contributed by atoms with E-state index in [0.29, 0.717) is 62.0 Å². The molecule has 0 radical (unpaired) electrons. The number of aromatic nitrogens is 21. The van der Waals surface area contributed by atoms with E-state index in [2.05, 4.69) is 158 Å². The highest BCUT2D eigenvalue weighted by Gasteiger charge is 2.29. The number of rotatable bonds is 21. The second-order valence-corrected chi connectivity index (χ2v) is 32.8. The average molecular weight is 1720 g/mol. The Morgan fingerprint density at radius 1 is 0.301 bits per heavy atom. The summed E-state index contributed by atoms with van der Waals surface area (Å²) in [6.07, 6.45) is 10.4. The molecule has 5 aromatic carbocycles. The molecule has 0 aliphatic carbocycles. The molecule has 15 heterocycles. The summed E-state index contributed by atoms with van der Waals surface area (Å²) < 4.78 is 15.6. The van der Waals surface area contributed by atoms with Crippen LogP contribution in [0.2, 0.25) is 20.1 Å². The maximum atomic E-state index is 7.02. The Balaban J connectivity index is 0.000000116. The molecule has 0 amide bonds. The highest BCUT2D eigenvalue weighted by atomic mass is 35.5. The van der Waals surface area contributed by atoms with Crippen molar-refractivity contribution in [1.29, 1.82) is 0 Å². The zero-order chi connectivity index (χ0) is 84.5. The highest BCUT2D eigenvalue weighted by Crippen LogP contribution is 2.41. The van der Waals surface area contributed by atoms with Crippen molar-refractivity contribution < 1.29 is 0 Å². The van der Waals surface area contributed by atoms with Crippen LogP contribution < -0.4 is 0 Å². The number of hydrogen-bond acceptors (Lipinski definition) is 19. The Hall–Kier alpha value is -11.7. The van der Waals surface area contributed by atoms with E-state index >= 15 is 0 Å². The largest absolute Gasteiger partial charge is 0.306 e. The first-order chi connectivity index (χ1) is 60.2. The van der Waals surface area contributed by atoms with Crippen molar-refractivity contribution in [2.75, 3.05) is 119 Å². The second-order valence-electron chi connectivity index (χ2n) is 31.3. The van der Waals surface area contributed by atoms with Crippen molar-refractivity contribution in [2.45, 2.75) is 59.9 Å². The minimum Gasteiger partial charge on any atom is -0.306 e. The molecule has 0 spiro atoms. The molecule has 0 atom stereocenters. The molecule has 12 aromatic heterocycles. The fourth-order valence-electron chi connectivity index (χ4n) is 16.0. The SMILES string of the molecule is CCc1cccn1-c1nnc2c(c(-c3ccccc3)nn2CCN2CCN(C)CC2)c1Cl.CN1CCN(CCn2nc(-c3ccccc3)c3c(Cl)c(-n4cccc4)nnc32)CC1.Cc1ccc(C)n1-c1nnc2c(c(-c3ccccc3)nn2CCN2CCN(C)CC2)c1Cl.Clc1c(-c2ccccc2)nnc2c1c(-c1ccccc1)nn2CCn1cccn1. The van der Waals surface area contributed by atoms with Gasteiger partial charge in [0.15, 0.2) is 40.0 Å². The van der Waals surface area contributed by atoms with Gasteiger partial charge in [0.2, 0.25) is 0 Å². The predicted octanol–water partition coefficient (Wildman–Crippen LogP) is 15.4. The van der Waals surface area contributed by atoms with Crippen molar-refractivity contribution in [1.82, 2.24) is 133 Å². The molecule has 0 unspecified atom stereocenters. The van der Waals surface area contributed by atoms with Crippen LogP contribution in [0.25, 0.3) is 118 Å². The lowest BCUT2D eigenvalue weighted by Gasteiger charge is -2.32. The third-order valence-corrected chi connectivity index (χ3v) is 24.5. The van der Waals surface area contributed by atoms with Crippen molar-refractivity contribution in [3.63, 3.8) is 0 Å². The van der Waals surface area contributed by atoms with E-state index in [0.717, 1.165) is 230 Å². The minimum absolute atomic E-state index is 0.561. The van der Waals surface area contributed by atoms with Gasteiger partial charge in [-0.05, 0) is 83.9 Å². The lowest BCUT2D eigenvalue weighted by Crippen LogP contribution is -2.45. The van der Waals surface area contributed by atoms with E-state index in [1.54, 1.807) is 6.20 Å². The van der Waals surface area contributed by atoms with Gasteiger partial charge in [0.1, 0.15) is 28.5 Å². The first kappa shape index (κ1) is 83.5. The van der Waals surface area contributed by atoms with Crippen LogP contribution in [0.1, 0.15) is 24.0 Å². The van der Waals surface area contributed by atoms with E-state index < -0.39 is 0 Å². The average Bonchev–Trinajstić information content (AvgIpc) is 1.61. The molecule has 17 aromatic rings. The molecule has 3 aliphatic rings. The molecule has 20 rings (SSSR count). The van der Waals surface area contributed by atoms with Crippen molar-refractivity contribution >= 4 is 90.5 Å². The number of aryl methyl sites for hydroxylation is 5. The fraction of sp³-hybridized carbons (Fsp3) is 0.293. The van der Waals surface area contributed by atoms with E-state index in [1.807, 2.05) is 215 Å². The molecule has 628 valence electrons. The molecular formula is C92H97Cl4N27. The molecule has 27 nitrogen and oxygen atoms in total. The smallest absolute Gasteiger partial charge is 0.182 e. The molecule has 3 saturated heterocycles. The third kappa shape index (κ3) is 18.4. The van der Waals surface area contributed by atoms with Gasteiger partial charge in [-0.25, -0.2) is 18.7 Å². The molecule has 123 heavy (non-hydrogen) atoms. The molecular weight excluding hydrogens is 1630 g/mol. The summed E-state index contributed by atoms with van der Waals surface area (Å²) in [6.45, 7) is 25.6. The highest BCUT2D eigenvalue weighted by molar-refractivity contribution is 6.40. The van der Waals surface area contributed by atoms with Crippen molar-refractivity contribution in [3.8, 4) is 73.7 Å². The van der Waals surface area contributed by atoms with Crippen LogP contribution in [-0.4, -0.2) is 252 Å². The van der Waals surface area contributed by atoms with Crippen LogP contribution in [0, 0.1) is 13.8 Å². The quantitative estimate of drug-likeness (QED) is 0.0651. The number of piperazine rings is 3. The van der Waals surface area contributed by atoms with Crippen LogP contribution in [0.15, 0.2) is 225 Å². The van der Waals surface area contributed by atoms with E-state index in [9.17, 15) is 0 Å². The van der Waals surface area contributed by atoms with Crippen LogP contribution in [0.5, 0.6) is 0 Å². The van der Waals surface area contributed by atoms with Crippen molar-refractivity contribution in [2.24, 2.45) is 0 Å². The monoisotopic (exact) mass is 1720 g/mol. The van der Waals surface area contributed by atoms with Gasteiger partial charge in [-0.15, -0.1) is 40.8 Å². The first-order valence-corrected chi connectivity index (χ1v) is 43.3. The second kappa shape index (κ2) is 38.4. The van der Waals surface area contributed by atoms with Crippen LogP contribution >= 0.6 is 46.4 Å². The molecule has 3 fully saturated rings. The Labute approximate surface area is 733 Å². The number of fused-ring (bicyclic) bond motifs is 4. The summed E-state index contributed by atoms with van der Waals surface area (Å²) in [7, 11) is 6.52. The summed E-state index contributed by atoms with van der Waals surface area (Å²) in [5, 5.41) is 65.8. The molecule has 3 aliphatic heterocycles. The summed E-state index contributed by atoms with van der Waals surface area (Å²) in [5.74, 6) is 1.91. The predicted molar refractivity (Wildman–Crippen MR) is 489 cm³/mol.